The lowest BCUT2D eigenvalue weighted by Gasteiger charge is -2.10. The van der Waals surface area contributed by atoms with E-state index in [0.717, 1.165) is 5.56 Å². The van der Waals surface area contributed by atoms with Crippen molar-refractivity contribution in [3.63, 3.8) is 0 Å². The molecule has 0 bridgehead atoms. The van der Waals surface area contributed by atoms with Gasteiger partial charge in [-0.05, 0) is 17.7 Å². The van der Waals surface area contributed by atoms with Gasteiger partial charge >= 0.3 is 0 Å². The second-order valence-electron chi connectivity index (χ2n) is 4.07. The number of benzene rings is 1. The highest BCUT2D eigenvalue weighted by Crippen LogP contribution is 2.12. The smallest absolute Gasteiger partial charge is 0.230 e. The minimum atomic E-state index is -0.916. The molecule has 19 heavy (non-hydrogen) atoms. The van der Waals surface area contributed by atoms with E-state index in [1.165, 1.54) is 6.92 Å². The third-order valence-electron chi connectivity index (χ3n) is 2.26. The van der Waals surface area contributed by atoms with Crippen molar-refractivity contribution >= 4 is 11.8 Å². The Morgan fingerprint density at radius 1 is 1.32 bits per heavy atom. The second kappa shape index (κ2) is 7.50. The maximum atomic E-state index is 11.3. The first kappa shape index (κ1) is 15.1. The molecule has 0 aromatic heterocycles. The zero-order valence-corrected chi connectivity index (χ0v) is 10.6. The van der Waals surface area contributed by atoms with E-state index < -0.39 is 6.10 Å². The topological polar surface area (TPSA) is 95.9 Å². The minimum Gasteiger partial charge on any atom is -0.491 e. The van der Waals surface area contributed by atoms with E-state index in [2.05, 4.69) is 5.32 Å². The van der Waals surface area contributed by atoms with Crippen LogP contribution in [0.3, 0.4) is 0 Å². The maximum Gasteiger partial charge on any atom is 0.230 e. The summed E-state index contributed by atoms with van der Waals surface area (Å²) in [6.07, 6.45) is -0.805. The average molecular weight is 267 g/mol. The second-order valence-corrected chi connectivity index (χ2v) is 4.07. The lowest BCUT2D eigenvalue weighted by molar-refractivity contribution is -0.128. The number of nitrogens with one attached hydrogen (secondary N) is 1. The molecule has 1 unspecified atom stereocenters. The van der Waals surface area contributed by atoms with Gasteiger partial charge in [0.25, 0.3) is 0 Å². The number of ether oxygens (including phenoxy) is 1. The third kappa shape index (κ3) is 5.98. The van der Waals surface area contributed by atoms with Crippen LogP contribution < -0.4 is 10.1 Å². The van der Waals surface area contributed by atoms with Crippen LogP contribution in [0.25, 0.3) is 0 Å². The van der Waals surface area contributed by atoms with Crippen LogP contribution in [-0.2, 0) is 16.0 Å². The van der Waals surface area contributed by atoms with Crippen LogP contribution in [0.1, 0.15) is 12.5 Å². The van der Waals surface area contributed by atoms with Crippen LogP contribution in [-0.4, -0.2) is 41.3 Å². The average Bonchev–Trinajstić information content (AvgIpc) is 2.36. The molecule has 0 radical (unpaired) electrons. The summed E-state index contributed by atoms with van der Waals surface area (Å²) < 4.78 is 5.22. The molecule has 0 heterocycles. The van der Waals surface area contributed by atoms with Gasteiger partial charge in [-0.15, -0.1) is 0 Å². The summed E-state index contributed by atoms with van der Waals surface area (Å²) >= 11 is 0. The van der Waals surface area contributed by atoms with E-state index >= 15 is 0 Å². The molecule has 2 amide bonds. The molecule has 1 aromatic carbocycles. The largest absolute Gasteiger partial charge is 0.491 e. The number of hydrogen-bond acceptors (Lipinski definition) is 5. The first-order valence-electron chi connectivity index (χ1n) is 5.82. The zero-order chi connectivity index (χ0) is 14.3. The van der Waals surface area contributed by atoms with E-state index in [0.29, 0.717) is 5.75 Å². The number of imide groups is 1. The van der Waals surface area contributed by atoms with E-state index in [-0.39, 0.29) is 31.4 Å². The molecule has 3 N–H and O–H groups in total. The van der Waals surface area contributed by atoms with Gasteiger partial charge < -0.3 is 14.9 Å². The predicted octanol–water partition coefficient (Wildman–Crippen LogP) is -0.376. The Labute approximate surface area is 111 Å². The molecule has 0 fully saturated rings. The Morgan fingerprint density at radius 3 is 2.47 bits per heavy atom. The standard InChI is InChI=1S/C13H17NO5/c1-9(16)14-13(18)6-10-2-4-12(5-3-10)19-8-11(17)7-15/h2-5,11,15,17H,6-8H2,1H3,(H,14,16,18). The molecular weight excluding hydrogens is 250 g/mol. The number of carbonyl (C=O) groups is 2. The van der Waals surface area contributed by atoms with Crippen LogP contribution in [0, 0.1) is 0 Å². The van der Waals surface area contributed by atoms with E-state index in [1.807, 2.05) is 0 Å². The van der Waals surface area contributed by atoms with Gasteiger partial charge in [-0.1, -0.05) is 12.1 Å². The number of aliphatic hydroxyl groups is 2. The maximum absolute atomic E-state index is 11.3. The summed E-state index contributed by atoms with van der Waals surface area (Å²) in [5.41, 5.74) is 0.744. The Morgan fingerprint density at radius 2 is 1.95 bits per heavy atom. The molecule has 6 heteroatoms. The first-order valence-corrected chi connectivity index (χ1v) is 5.82. The summed E-state index contributed by atoms with van der Waals surface area (Å²) in [5.74, 6) is -0.219. The van der Waals surface area contributed by atoms with Crippen LogP contribution in [0.15, 0.2) is 24.3 Å². The van der Waals surface area contributed by atoms with Gasteiger partial charge in [-0.2, -0.15) is 0 Å². The third-order valence-corrected chi connectivity index (χ3v) is 2.26. The summed E-state index contributed by atoms with van der Waals surface area (Å²) in [6, 6.07) is 6.70. The fourth-order valence-electron chi connectivity index (χ4n) is 1.37. The number of amides is 2. The molecule has 1 rings (SSSR count). The molecule has 0 aliphatic rings. The van der Waals surface area contributed by atoms with Gasteiger partial charge in [0, 0.05) is 6.92 Å². The first-order chi connectivity index (χ1) is 9.01. The lowest BCUT2D eigenvalue weighted by Crippen LogP contribution is -2.29. The normalized spacial score (nSPS) is 11.7. The van der Waals surface area contributed by atoms with Crippen LogP contribution in [0.2, 0.25) is 0 Å². The van der Waals surface area contributed by atoms with Crippen molar-refractivity contribution in [3.8, 4) is 5.75 Å². The fourth-order valence-corrected chi connectivity index (χ4v) is 1.37. The molecular formula is C13H17NO5. The molecule has 0 saturated heterocycles. The van der Waals surface area contributed by atoms with Gasteiger partial charge in [0.05, 0.1) is 13.0 Å². The summed E-state index contributed by atoms with van der Waals surface area (Å²) in [5, 5.41) is 19.9. The molecule has 0 aliphatic heterocycles. The number of aliphatic hydroxyl groups excluding tert-OH is 2. The number of rotatable bonds is 6. The lowest BCUT2D eigenvalue weighted by atomic mass is 10.1. The molecule has 6 nitrogen and oxygen atoms in total. The monoisotopic (exact) mass is 267 g/mol. The van der Waals surface area contributed by atoms with Crippen molar-refractivity contribution in [3.05, 3.63) is 29.8 Å². The van der Waals surface area contributed by atoms with Crippen molar-refractivity contribution in [1.29, 1.82) is 0 Å². The highest BCUT2D eigenvalue weighted by molar-refractivity contribution is 5.94. The molecule has 0 spiro atoms. The molecule has 104 valence electrons. The van der Waals surface area contributed by atoms with Gasteiger partial charge in [-0.25, -0.2) is 0 Å². The van der Waals surface area contributed by atoms with Gasteiger partial charge in [0.1, 0.15) is 18.5 Å². The summed E-state index contributed by atoms with van der Waals surface area (Å²) in [7, 11) is 0. The Bertz CT molecular complexity index is 429. The molecule has 0 saturated carbocycles. The van der Waals surface area contributed by atoms with Crippen LogP contribution in [0.5, 0.6) is 5.75 Å². The predicted molar refractivity (Wildman–Crippen MR) is 67.6 cm³/mol. The van der Waals surface area contributed by atoms with E-state index in [4.69, 9.17) is 14.9 Å². The van der Waals surface area contributed by atoms with Crippen LogP contribution >= 0.6 is 0 Å². The number of hydrogen-bond donors (Lipinski definition) is 3. The summed E-state index contributed by atoms with van der Waals surface area (Å²) in [6.45, 7) is 0.922. The van der Waals surface area contributed by atoms with Crippen molar-refractivity contribution < 1.29 is 24.5 Å². The van der Waals surface area contributed by atoms with Crippen molar-refractivity contribution in [2.24, 2.45) is 0 Å². The Hall–Kier alpha value is -1.92. The SMILES string of the molecule is CC(=O)NC(=O)Cc1ccc(OCC(O)CO)cc1. The Kier molecular flexibility index (Phi) is 5.98. The highest BCUT2D eigenvalue weighted by Gasteiger charge is 2.06. The molecule has 1 aromatic rings. The molecule has 1 atom stereocenters. The zero-order valence-electron chi connectivity index (χ0n) is 10.6. The van der Waals surface area contributed by atoms with Crippen molar-refractivity contribution in [2.75, 3.05) is 13.2 Å². The van der Waals surface area contributed by atoms with Gasteiger partial charge in [0.2, 0.25) is 11.8 Å². The van der Waals surface area contributed by atoms with Gasteiger partial charge in [-0.3, -0.25) is 14.9 Å². The number of carbonyl (C=O) groups excluding carboxylic acids is 2. The quantitative estimate of drug-likeness (QED) is 0.653. The van der Waals surface area contributed by atoms with Crippen molar-refractivity contribution in [1.82, 2.24) is 5.32 Å². The highest BCUT2D eigenvalue weighted by atomic mass is 16.5. The van der Waals surface area contributed by atoms with Crippen molar-refractivity contribution in [2.45, 2.75) is 19.4 Å². The Balaban J connectivity index is 2.47. The summed E-state index contributed by atoms with van der Waals surface area (Å²) in [4.78, 5) is 22.0. The molecule has 0 aliphatic carbocycles. The fraction of sp³-hybridized carbons (Fsp3) is 0.385. The van der Waals surface area contributed by atoms with Crippen LogP contribution in [0.4, 0.5) is 0 Å². The minimum absolute atomic E-state index is 0.000664. The van der Waals surface area contributed by atoms with E-state index in [1.54, 1.807) is 24.3 Å². The van der Waals surface area contributed by atoms with E-state index in [9.17, 15) is 9.59 Å². The van der Waals surface area contributed by atoms with Gasteiger partial charge in [0.15, 0.2) is 0 Å².